The van der Waals surface area contributed by atoms with Crippen LogP contribution < -0.4 is 10.9 Å². The molecule has 0 bridgehead atoms. The van der Waals surface area contributed by atoms with E-state index in [4.69, 9.17) is 0 Å². The van der Waals surface area contributed by atoms with E-state index in [1.807, 2.05) is 56.3 Å². The molecule has 0 aliphatic heterocycles. The summed E-state index contributed by atoms with van der Waals surface area (Å²) in [6, 6.07) is 13.5. The Morgan fingerprint density at radius 2 is 1.96 bits per heavy atom. The zero-order valence-corrected chi connectivity index (χ0v) is 14.5. The topological polar surface area (TPSA) is 79.8 Å². The number of H-pyrrole nitrogens is 1. The van der Waals surface area contributed by atoms with Gasteiger partial charge in [0.05, 0.1) is 6.20 Å². The maximum atomic E-state index is 12.7. The van der Waals surface area contributed by atoms with Crippen molar-refractivity contribution in [3.63, 3.8) is 0 Å². The zero-order valence-electron chi connectivity index (χ0n) is 14.5. The number of nitrogens with one attached hydrogen (secondary N) is 2. The third-order valence-electron chi connectivity index (χ3n) is 4.48. The second kappa shape index (κ2) is 6.15. The van der Waals surface area contributed by atoms with Crippen LogP contribution in [0, 0.1) is 13.8 Å². The molecule has 2 aromatic carbocycles. The summed E-state index contributed by atoms with van der Waals surface area (Å²) in [7, 11) is 0. The average molecular weight is 346 g/mol. The van der Waals surface area contributed by atoms with Gasteiger partial charge in [0.25, 0.3) is 5.56 Å². The van der Waals surface area contributed by atoms with Crippen LogP contribution in [0.3, 0.4) is 0 Å². The van der Waals surface area contributed by atoms with Crippen molar-refractivity contribution in [1.29, 1.82) is 0 Å². The number of carbonyl (C=O) groups excluding carboxylic acids is 1. The van der Waals surface area contributed by atoms with Crippen molar-refractivity contribution in [2.45, 2.75) is 20.4 Å². The van der Waals surface area contributed by atoms with E-state index in [1.54, 1.807) is 6.20 Å². The van der Waals surface area contributed by atoms with Gasteiger partial charge in [0.1, 0.15) is 12.1 Å². The van der Waals surface area contributed by atoms with Gasteiger partial charge in [0.2, 0.25) is 5.91 Å². The lowest BCUT2D eigenvalue weighted by molar-refractivity contribution is -0.117. The summed E-state index contributed by atoms with van der Waals surface area (Å²) >= 11 is 0. The van der Waals surface area contributed by atoms with Crippen molar-refractivity contribution in [1.82, 2.24) is 14.8 Å². The van der Waals surface area contributed by atoms with E-state index in [0.717, 1.165) is 33.1 Å². The van der Waals surface area contributed by atoms with Crippen LogP contribution in [0.5, 0.6) is 0 Å². The van der Waals surface area contributed by atoms with E-state index in [9.17, 15) is 9.59 Å². The number of benzene rings is 2. The van der Waals surface area contributed by atoms with Gasteiger partial charge in [-0.1, -0.05) is 30.3 Å². The number of hydrogen-bond donors (Lipinski definition) is 2. The molecule has 26 heavy (non-hydrogen) atoms. The molecule has 0 unspecified atom stereocenters. The SMILES string of the molecule is Cc1ccc(C)c(NC(=O)Cn2ncc3c([nH]c4ccccc43)c2=O)c1. The van der Waals surface area contributed by atoms with E-state index < -0.39 is 0 Å². The predicted molar refractivity (Wildman–Crippen MR) is 102 cm³/mol. The summed E-state index contributed by atoms with van der Waals surface area (Å²) in [4.78, 5) is 28.2. The summed E-state index contributed by atoms with van der Waals surface area (Å²) in [6.07, 6.45) is 1.63. The molecule has 0 spiro atoms. The van der Waals surface area contributed by atoms with Gasteiger partial charge < -0.3 is 10.3 Å². The highest BCUT2D eigenvalue weighted by molar-refractivity contribution is 6.06. The van der Waals surface area contributed by atoms with Crippen LogP contribution in [-0.4, -0.2) is 20.7 Å². The second-order valence-corrected chi connectivity index (χ2v) is 6.43. The van der Waals surface area contributed by atoms with Crippen molar-refractivity contribution in [3.8, 4) is 0 Å². The van der Waals surface area contributed by atoms with E-state index in [1.165, 1.54) is 4.68 Å². The Kier molecular flexibility index (Phi) is 3.80. The number of amides is 1. The molecule has 0 radical (unpaired) electrons. The summed E-state index contributed by atoms with van der Waals surface area (Å²) in [5.41, 5.74) is 3.79. The zero-order chi connectivity index (χ0) is 18.3. The first kappa shape index (κ1) is 16.1. The van der Waals surface area contributed by atoms with Gasteiger partial charge in [-0.2, -0.15) is 5.10 Å². The van der Waals surface area contributed by atoms with Crippen LogP contribution >= 0.6 is 0 Å². The predicted octanol–water partition coefficient (Wildman–Crippen LogP) is 3.13. The molecule has 4 rings (SSSR count). The van der Waals surface area contributed by atoms with Crippen molar-refractivity contribution in [2.24, 2.45) is 0 Å². The largest absolute Gasteiger partial charge is 0.350 e. The number of fused-ring (bicyclic) bond motifs is 3. The van der Waals surface area contributed by atoms with Crippen LogP contribution in [0.1, 0.15) is 11.1 Å². The fourth-order valence-corrected chi connectivity index (χ4v) is 3.08. The van der Waals surface area contributed by atoms with E-state index >= 15 is 0 Å². The Morgan fingerprint density at radius 3 is 2.81 bits per heavy atom. The van der Waals surface area contributed by atoms with Crippen LogP contribution in [0.4, 0.5) is 5.69 Å². The highest BCUT2D eigenvalue weighted by Gasteiger charge is 2.13. The van der Waals surface area contributed by atoms with Crippen LogP contribution in [0.2, 0.25) is 0 Å². The molecule has 1 amide bonds. The molecule has 0 atom stereocenters. The normalized spacial score (nSPS) is 11.2. The fourth-order valence-electron chi connectivity index (χ4n) is 3.08. The van der Waals surface area contributed by atoms with E-state index in [0.29, 0.717) is 5.52 Å². The Morgan fingerprint density at radius 1 is 1.15 bits per heavy atom. The fraction of sp³-hybridized carbons (Fsp3) is 0.150. The molecule has 6 nitrogen and oxygen atoms in total. The van der Waals surface area contributed by atoms with Crippen molar-refractivity contribution in [2.75, 3.05) is 5.32 Å². The number of anilines is 1. The number of aryl methyl sites for hydroxylation is 2. The van der Waals surface area contributed by atoms with Gasteiger partial charge in [-0.25, -0.2) is 4.68 Å². The van der Waals surface area contributed by atoms with Crippen LogP contribution in [0.15, 0.2) is 53.5 Å². The number of rotatable bonds is 3. The molecular weight excluding hydrogens is 328 g/mol. The first-order valence-corrected chi connectivity index (χ1v) is 8.36. The molecular formula is C20H18N4O2. The monoisotopic (exact) mass is 346 g/mol. The molecule has 2 aromatic heterocycles. The molecule has 0 aliphatic carbocycles. The molecule has 4 aromatic rings. The van der Waals surface area contributed by atoms with Gasteiger partial charge in [-0.3, -0.25) is 9.59 Å². The van der Waals surface area contributed by atoms with Gasteiger partial charge >= 0.3 is 0 Å². The smallest absolute Gasteiger partial charge is 0.291 e. The van der Waals surface area contributed by atoms with Gasteiger partial charge in [0.15, 0.2) is 0 Å². The first-order valence-electron chi connectivity index (χ1n) is 8.36. The molecule has 0 saturated heterocycles. The third kappa shape index (κ3) is 2.75. The number of hydrogen-bond acceptors (Lipinski definition) is 3. The summed E-state index contributed by atoms with van der Waals surface area (Å²) in [5.74, 6) is -0.288. The first-order chi connectivity index (χ1) is 12.5. The second-order valence-electron chi connectivity index (χ2n) is 6.43. The maximum absolute atomic E-state index is 12.7. The van der Waals surface area contributed by atoms with Gasteiger partial charge in [-0.05, 0) is 37.1 Å². The lowest BCUT2D eigenvalue weighted by atomic mass is 10.1. The summed E-state index contributed by atoms with van der Waals surface area (Å²) < 4.78 is 1.18. The Labute approximate surface area is 149 Å². The Hall–Kier alpha value is -3.41. The third-order valence-corrected chi connectivity index (χ3v) is 4.48. The van der Waals surface area contributed by atoms with Gasteiger partial charge in [-0.15, -0.1) is 0 Å². The lowest BCUT2D eigenvalue weighted by Crippen LogP contribution is -2.29. The molecule has 0 fully saturated rings. The van der Waals surface area contributed by atoms with Crippen LogP contribution in [-0.2, 0) is 11.3 Å². The Bertz CT molecular complexity index is 1200. The Balaban J connectivity index is 1.65. The minimum atomic E-state index is -0.310. The molecule has 0 saturated carbocycles. The van der Waals surface area contributed by atoms with Crippen molar-refractivity contribution < 1.29 is 4.79 Å². The number of carbonyl (C=O) groups is 1. The van der Waals surface area contributed by atoms with Crippen molar-refractivity contribution >= 4 is 33.4 Å². The highest BCUT2D eigenvalue weighted by Crippen LogP contribution is 2.21. The number of aromatic nitrogens is 3. The average Bonchev–Trinajstić information content (AvgIpc) is 3.00. The quantitative estimate of drug-likeness (QED) is 0.598. The number of aromatic amines is 1. The molecule has 130 valence electrons. The number of nitrogens with zero attached hydrogens (tertiary/aromatic N) is 2. The minimum absolute atomic E-state index is 0.141. The minimum Gasteiger partial charge on any atom is -0.350 e. The van der Waals surface area contributed by atoms with E-state index in [2.05, 4.69) is 15.4 Å². The molecule has 0 aliphatic rings. The van der Waals surface area contributed by atoms with Gasteiger partial charge in [0, 0.05) is 22.0 Å². The number of para-hydroxylation sites is 1. The summed E-state index contributed by atoms with van der Waals surface area (Å²) in [5, 5.41) is 8.73. The van der Waals surface area contributed by atoms with E-state index in [-0.39, 0.29) is 18.0 Å². The standard InChI is InChI=1S/C20H18N4O2/c1-12-7-8-13(2)17(9-12)22-18(25)11-24-20(26)19-15(10-21-24)14-5-3-4-6-16(14)23-19/h3-10,23H,11H2,1-2H3,(H,22,25). The molecule has 2 N–H and O–H groups in total. The highest BCUT2D eigenvalue weighted by atomic mass is 16.2. The molecule has 2 heterocycles. The molecule has 6 heteroatoms. The lowest BCUT2D eigenvalue weighted by Gasteiger charge is -2.10. The van der Waals surface area contributed by atoms with Crippen molar-refractivity contribution in [3.05, 3.63) is 70.1 Å². The van der Waals surface area contributed by atoms with Crippen LogP contribution in [0.25, 0.3) is 21.8 Å². The maximum Gasteiger partial charge on any atom is 0.291 e. The summed E-state index contributed by atoms with van der Waals surface area (Å²) in [6.45, 7) is 3.75.